The molecule has 0 fully saturated rings. The summed E-state index contributed by atoms with van der Waals surface area (Å²) < 4.78 is 0. The van der Waals surface area contributed by atoms with Gasteiger partial charge in [-0.2, -0.15) is 10.5 Å². The van der Waals surface area contributed by atoms with Gasteiger partial charge in [0.15, 0.2) is 0 Å². The smallest absolute Gasteiger partial charge is 0.0635 e. The first-order chi connectivity index (χ1) is 9.30. The number of benzene rings is 1. The molecule has 1 rings (SSSR count). The lowest BCUT2D eigenvalue weighted by atomic mass is 10.1. The number of hydrogen-bond acceptors (Lipinski definition) is 3. The molecule has 0 spiro atoms. The Morgan fingerprint density at radius 3 is 2.05 bits per heavy atom. The highest BCUT2D eigenvalue weighted by Crippen LogP contribution is 2.07. The van der Waals surface area contributed by atoms with Gasteiger partial charge < -0.3 is 4.90 Å². The van der Waals surface area contributed by atoms with Crippen LogP contribution >= 0.6 is 0 Å². The maximum atomic E-state index is 8.63. The zero-order chi connectivity index (χ0) is 13.9. The first-order valence-corrected chi connectivity index (χ1v) is 6.47. The number of hydrogen-bond donors (Lipinski definition) is 0. The van der Waals surface area contributed by atoms with Crippen molar-refractivity contribution < 1.29 is 0 Å². The minimum absolute atomic E-state index is 0.515. The third-order valence-electron chi connectivity index (χ3n) is 3.01. The van der Waals surface area contributed by atoms with Gasteiger partial charge in [0.1, 0.15) is 0 Å². The predicted molar refractivity (Wildman–Crippen MR) is 77.1 cm³/mol. The lowest BCUT2D eigenvalue weighted by Gasteiger charge is -2.19. The van der Waals surface area contributed by atoms with Crippen molar-refractivity contribution in [1.29, 1.82) is 10.5 Å². The summed E-state index contributed by atoms with van der Waals surface area (Å²) in [5.74, 6) is 0. The Morgan fingerprint density at radius 1 is 1.00 bits per heavy atom. The van der Waals surface area contributed by atoms with E-state index in [9.17, 15) is 0 Å². The molecule has 0 aromatic heterocycles. The molecule has 0 N–H and O–H groups in total. The second-order valence-corrected chi connectivity index (χ2v) is 4.35. The maximum Gasteiger partial charge on any atom is 0.0635 e. The van der Waals surface area contributed by atoms with E-state index in [1.54, 1.807) is 0 Å². The molecule has 98 valence electrons. The van der Waals surface area contributed by atoms with E-state index in [0.29, 0.717) is 12.8 Å². The molecular formula is C16H19N3. The first kappa shape index (κ1) is 15.0. The molecule has 0 unspecified atom stereocenters. The van der Waals surface area contributed by atoms with Gasteiger partial charge >= 0.3 is 0 Å². The Balaban J connectivity index is 2.47. The summed E-state index contributed by atoms with van der Waals surface area (Å²) in [6.45, 7) is 6.10. The van der Waals surface area contributed by atoms with Crippen molar-refractivity contribution in [3.63, 3.8) is 0 Å². The van der Waals surface area contributed by atoms with Crippen LogP contribution in [0.5, 0.6) is 0 Å². The summed E-state index contributed by atoms with van der Waals surface area (Å²) in [7, 11) is 0. The molecule has 19 heavy (non-hydrogen) atoms. The number of nitriles is 2. The summed E-state index contributed by atoms with van der Waals surface area (Å²) in [6, 6.07) is 12.6. The minimum Gasteiger partial charge on any atom is -0.301 e. The lowest BCUT2D eigenvalue weighted by Crippen LogP contribution is -2.28. The van der Waals surface area contributed by atoms with E-state index in [1.165, 1.54) is 5.56 Å². The fraction of sp³-hybridized carbons (Fsp3) is 0.375. The Kier molecular flexibility index (Phi) is 7.02. The standard InChI is InChI=1S/C16H19N3/c1-2-15-5-7-16(8-6-15)9-14-19(12-3-10-17)13-4-11-18/h2,5-8H,1,3-4,9,12-14H2. The highest BCUT2D eigenvalue weighted by atomic mass is 15.1. The van der Waals surface area contributed by atoms with Crippen LogP contribution in [0.4, 0.5) is 0 Å². The Bertz CT molecular complexity index is 444. The van der Waals surface area contributed by atoms with Gasteiger partial charge in [-0.15, -0.1) is 0 Å². The molecule has 0 aliphatic carbocycles. The van der Waals surface area contributed by atoms with Gasteiger partial charge in [0.2, 0.25) is 0 Å². The second kappa shape index (κ2) is 8.91. The van der Waals surface area contributed by atoms with Crippen LogP contribution in [0.2, 0.25) is 0 Å². The van der Waals surface area contributed by atoms with Gasteiger partial charge in [-0.25, -0.2) is 0 Å². The quantitative estimate of drug-likeness (QED) is 0.715. The summed E-state index contributed by atoms with van der Waals surface area (Å²) in [5, 5.41) is 17.3. The van der Waals surface area contributed by atoms with Crippen molar-refractivity contribution in [3.05, 3.63) is 42.0 Å². The second-order valence-electron chi connectivity index (χ2n) is 4.35. The molecule has 0 heterocycles. The third kappa shape index (κ3) is 5.86. The van der Waals surface area contributed by atoms with Gasteiger partial charge in [-0.3, -0.25) is 0 Å². The molecule has 3 heteroatoms. The summed E-state index contributed by atoms with van der Waals surface area (Å²) >= 11 is 0. The minimum atomic E-state index is 0.515. The zero-order valence-electron chi connectivity index (χ0n) is 11.2. The van der Waals surface area contributed by atoms with Crippen molar-refractivity contribution in [2.24, 2.45) is 0 Å². The van der Waals surface area contributed by atoms with Crippen LogP contribution < -0.4 is 0 Å². The lowest BCUT2D eigenvalue weighted by molar-refractivity contribution is 0.290. The van der Waals surface area contributed by atoms with Crippen molar-refractivity contribution in [3.8, 4) is 12.1 Å². The Labute approximate surface area is 115 Å². The highest BCUT2D eigenvalue weighted by Gasteiger charge is 2.04. The van der Waals surface area contributed by atoms with Gasteiger partial charge in [0.05, 0.1) is 12.1 Å². The molecule has 0 amide bonds. The van der Waals surface area contributed by atoms with Crippen LogP contribution in [-0.2, 0) is 6.42 Å². The van der Waals surface area contributed by atoms with E-state index in [0.717, 1.165) is 31.6 Å². The van der Waals surface area contributed by atoms with E-state index in [2.05, 4.69) is 47.9 Å². The van der Waals surface area contributed by atoms with Crippen molar-refractivity contribution in [2.45, 2.75) is 19.3 Å². The molecule has 1 aromatic carbocycles. The van der Waals surface area contributed by atoms with Gasteiger partial charge in [-0.05, 0) is 17.5 Å². The third-order valence-corrected chi connectivity index (χ3v) is 3.01. The molecule has 0 saturated heterocycles. The molecule has 0 aliphatic heterocycles. The molecule has 0 radical (unpaired) electrons. The van der Waals surface area contributed by atoms with Crippen LogP contribution in [0.25, 0.3) is 6.08 Å². The van der Waals surface area contributed by atoms with Crippen LogP contribution in [0.1, 0.15) is 24.0 Å². The molecular weight excluding hydrogens is 234 g/mol. The summed E-state index contributed by atoms with van der Waals surface area (Å²) in [4.78, 5) is 2.17. The fourth-order valence-electron chi connectivity index (χ4n) is 1.86. The highest BCUT2D eigenvalue weighted by molar-refractivity contribution is 5.47. The van der Waals surface area contributed by atoms with Gasteiger partial charge in [-0.1, -0.05) is 36.9 Å². The largest absolute Gasteiger partial charge is 0.301 e. The van der Waals surface area contributed by atoms with E-state index in [1.807, 2.05) is 6.08 Å². The number of rotatable bonds is 8. The molecule has 1 aromatic rings. The molecule has 0 bridgehead atoms. The first-order valence-electron chi connectivity index (χ1n) is 6.47. The maximum absolute atomic E-state index is 8.63. The molecule has 0 atom stereocenters. The summed E-state index contributed by atoms with van der Waals surface area (Å²) in [6.07, 6.45) is 3.80. The van der Waals surface area contributed by atoms with Crippen molar-refractivity contribution in [1.82, 2.24) is 4.90 Å². The predicted octanol–water partition coefficient (Wildman–Crippen LogP) is 3.00. The van der Waals surface area contributed by atoms with E-state index >= 15 is 0 Å². The van der Waals surface area contributed by atoms with E-state index < -0.39 is 0 Å². The van der Waals surface area contributed by atoms with E-state index in [4.69, 9.17) is 10.5 Å². The van der Waals surface area contributed by atoms with Crippen LogP contribution in [0, 0.1) is 22.7 Å². The van der Waals surface area contributed by atoms with Crippen molar-refractivity contribution in [2.75, 3.05) is 19.6 Å². The Morgan fingerprint density at radius 2 is 1.58 bits per heavy atom. The average Bonchev–Trinajstić information content (AvgIpc) is 2.47. The molecule has 0 saturated carbocycles. The monoisotopic (exact) mass is 253 g/mol. The van der Waals surface area contributed by atoms with Gasteiger partial charge in [0, 0.05) is 32.5 Å². The van der Waals surface area contributed by atoms with Crippen LogP contribution in [-0.4, -0.2) is 24.5 Å². The normalized spacial score (nSPS) is 9.84. The molecule has 0 aliphatic rings. The van der Waals surface area contributed by atoms with E-state index in [-0.39, 0.29) is 0 Å². The Hall–Kier alpha value is -2.10. The van der Waals surface area contributed by atoms with Crippen molar-refractivity contribution >= 4 is 6.08 Å². The topological polar surface area (TPSA) is 50.8 Å². The average molecular weight is 253 g/mol. The molecule has 3 nitrogen and oxygen atoms in total. The fourth-order valence-corrected chi connectivity index (χ4v) is 1.86. The van der Waals surface area contributed by atoms with Crippen LogP contribution in [0.15, 0.2) is 30.8 Å². The zero-order valence-corrected chi connectivity index (χ0v) is 11.2. The van der Waals surface area contributed by atoms with Crippen LogP contribution in [0.3, 0.4) is 0 Å². The number of nitrogens with zero attached hydrogens (tertiary/aromatic N) is 3. The summed E-state index contributed by atoms with van der Waals surface area (Å²) in [5.41, 5.74) is 2.39. The SMILES string of the molecule is C=Cc1ccc(CCN(CCC#N)CCC#N)cc1. The van der Waals surface area contributed by atoms with Gasteiger partial charge in [0.25, 0.3) is 0 Å².